The first-order valence-electron chi connectivity index (χ1n) is 5.79. The van der Waals surface area contributed by atoms with Gasteiger partial charge in [-0.3, -0.25) is 4.79 Å². The first-order chi connectivity index (χ1) is 8.66. The second-order valence-corrected chi connectivity index (χ2v) is 4.55. The van der Waals surface area contributed by atoms with Crippen molar-refractivity contribution in [3.8, 4) is 5.75 Å². The molecule has 0 unspecified atom stereocenters. The van der Waals surface area contributed by atoms with Crippen LogP contribution in [0.25, 0.3) is 10.8 Å². The third-order valence-corrected chi connectivity index (χ3v) is 2.94. The van der Waals surface area contributed by atoms with Crippen LogP contribution in [0.15, 0.2) is 48.4 Å². The van der Waals surface area contributed by atoms with E-state index in [1.165, 1.54) is 0 Å². The normalized spacial score (nSPS) is 15.9. The SMILES string of the molecule is CN(C)/C=C1/Oc2ccc3ccccc3c2C1=O. The molecule has 0 aliphatic carbocycles. The molecule has 3 nitrogen and oxygen atoms in total. The number of rotatable bonds is 1. The van der Waals surface area contributed by atoms with Gasteiger partial charge in [0.2, 0.25) is 5.78 Å². The topological polar surface area (TPSA) is 29.5 Å². The molecule has 18 heavy (non-hydrogen) atoms. The standard InChI is InChI=1S/C15H13NO2/c1-16(2)9-13-15(17)14-11-6-4-3-5-10(11)7-8-12(14)18-13/h3-9H,1-2H3/b13-9+. The fourth-order valence-electron chi connectivity index (χ4n) is 2.18. The maximum atomic E-state index is 12.3. The fraction of sp³-hybridized carbons (Fsp3) is 0.133. The smallest absolute Gasteiger partial charge is 0.234 e. The number of nitrogens with zero attached hydrogens (tertiary/aromatic N) is 1. The van der Waals surface area contributed by atoms with Crippen molar-refractivity contribution < 1.29 is 9.53 Å². The average molecular weight is 239 g/mol. The Morgan fingerprint density at radius 3 is 2.67 bits per heavy atom. The number of benzene rings is 2. The summed E-state index contributed by atoms with van der Waals surface area (Å²) in [6.45, 7) is 0. The van der Waals surface area contributed by atoms with Gasteiger partial charge in [0.05, 0.1) is 5.56 Å². The van der Waals surface area contributed by atoms with Gasteiger partial charge in [-0.05, 0) is 16.8 Å². The molecule has 0 atom stereocenters. The van der Waals surface area contributed by atoms with E-state index in [1.807, 2.05) is 50.5 Å². The molecule has 0 radical (unpaired) electrons. The number of fused-ring (bicyclic) bond motifs is 3. The van der Waals surface area contributed by atoms with E-state index in [2.05, 4.69) is 0 Å². The van der Waals surface area contributed by atoms with E-state index in [4.69, 9.17) is 4.74 Å². The molecule has 0 N–H and O–H groups in total. The summed E-state index contributed by atoms with van der Waals surface area (Å²) in [7, 11) is 3.73. The van der Waals surface area contributed by atoms with Crippen LogP contribution in [0.3, 0.4) is 0 Å². The highest BCUT2D eigenvalue weighted by Gasteiger charge is 2.29. The lowest BCUT2D eigenvalue weighted by atomic mass is 10.0. The molecule has 90 valence electrons. The Hall–Kier alpha value is -2.29. The number of carbonyl (C=O) groups is 1. The maximum Gasteiger partial charge on any atom is 0.234 e. The summed E-state index contributed by atoms with van der Waals surface area (Å²) >= 11 is 0. The lowest BCUT2D eigenvalue weighted by Gasteiger charge is -2.05. The summed E-state index contributed by atoms with van der Waals surface area (Å²) in [5.41, 5.74) is 0.668. The Labute approximate surface area is 105 Å². The third-order valence-electron chi connectivity index (χ3n) is 2.94. The largest absolute Gasteiger partial charge is 0.451 e. The zero-order chi connectivity index (χ0) is 12.7. The Morgan fingerprint density at radius 2 is 1.89 bits per heavy atom. The molecule has 0 bridgehead atoms. The van der Waals surface area contributed by atoms with Crippen molar-refractivity contribution in [2.24, 2.45) is 0 Å². The highest BCUT2D eigenvalue weighted by molar-refractivity contribution is 6.19. The molecule has 0 aromatic heterocycles. The zero-order valence-electron chi connectivity index (χ0n) is 10.3. The summed E-state index contributed by atoms with van der Waals surface area (Å²) in [5.74, 6) is 0.980. The van der Waals surface area contributed by atoms with Crippen molar-refractivity contribution in [2.45, 2.75) is 0 Å². The monoisotopic (exact) mass is 239 g/mol. The summed E-state index contributed by atoms with van der Waals surface area (Å²) in [5, 5.41) is 2.00. The second kappa shape index (κ2) is 3.88. The second-order valence-electron chi connectivity index (χ2n) is 4.55. The van der Waals surface area contributed by atoms with Gasteiger partial charge in [-0.15, -0.1) is 0 Å². The summed E-state index contributed by atoms with van der Waals surface area (Å²) < 4.78 is 5.61. The van der Waals surface area contributed by atoms with Crippen molar-refractivity contribution in [2.75, 3.05) is 14.1 Å². The van der Waals surface area contributed by atoms with Gasteiger partial charge >= 0.3 is 0 Å². The van der Waals surface area contributed by atoms with Crippen LogP contribution >= 0.6 is 0 Å². The quantitative estimate of drug-likeness (QED) is 0.717. The maximum absolute atomic E-state index is 12.3. The lowest BCUT2D eigenvalue weighted by Crippen LogP contribution is -2.08. The minimum absolute atomic E-state index is 0.0458. The van der Waals surface area contributed by atoms with E-state index in [0.717, 1.165) is 10.8 Å². The molecule has 3 heteroatoms. The van der Waals surface area contributed by atoms with Gasteiger partial charge in [0.25, 0.3) is 0 Å². The van der Waals surface area contributed by atoms with E-state index in [-0.39, 0.29) is 5.78 Å². The summed E-state index contributed by atoms with van der Waals surface area (Å²) in [4.78, 5) is 14.1. The van der Waals surface area contributed by atoms with Crippen molar-refractivity contribution in [1.82, 2.24) is 4.90 Å². The minimum Gasteiger partial charge on any atom is -0.451 e. The van der Waals surface area contributed by atoms with Crippen LogP contribution in [0.4, 0.5) is 0 Å². The molecule has 0 saturated carbocycles. The summed E-state index contributed by atoms with van der Waals surface area (Å²) in [6, 6.07) is 11.7. The Balaban J connectivity index is 2.22. The van der Waals surface area contributed by atoms with Crippen LogP contribution in [0, 0.1) is 0 Å². The van der Waals surface area contributed by atoms with Crippen LogP contribution in [0.2, 0.25) is 0 Å². The minimum atomic E-state index is -0.0458. The molecule has 1 aliphatic heterocycles. The number of carbonyl (C=O) groups excluding carboxylic acids is 1. The molecular formula is C15H13NO2. The highest BCUT2D eigenvalue weighted by Crippen LogP contribution is 2.36. The van der Waals surface area contributed by atoms with E-state index < -0.39 is 0 Å². The number of hydrogen-bond donors (Lipinski definition) is 0. The first kappa shape index (κ1) is 10.8. The van der Waals surface area contributed by atoms with Crippen molar-refractivity contribution in [3.63, 3.8) is 0 Å². The Kier molecular flexibility index (Phi) is 2.33. The van der Waals surface area contributed by atoms with Gasteiger partial charge in [-0.1, -0.05) is 30.3 Å². The molecule has 2 aromatic rings. The van der Waals surface area contributed by atoms with E-state index in [1.54, 1.807) is 11.1 Å². The van der Waals surface area contributed by atoms with Crippen LogP contribution in [-0.4, -0.2) is 24.8 Å². The van der Waals surface area contributed by atoms with Crippen LogP contribution < -0.4 is 4.74 Å². The molecule has 0 spiro atoms. The van der Waals surface area contributed by atoms with Crippen LogP contribution in [0.5, 0.6) is 5.75 Å². The van der Waals surface area contributed by atoms with Gasteiger partial charge < -0.3 is 9.64 Å². The number of ketones is 1. The lowest BCUT2D eigenvalue weighted by molar-refractivity contribution is 0.101. The van der Waals surface area contributed by atoms with E-state index >= 15 is 0 Å². The van der Waals surface area contributed by atoms with Crippen molar-refractivity contribution in [1.29, 1.82) is 0 Å². The van der Waals surface area contributed by atoms with Gasteiger partial charge in [0, 0.05) is 20.3 Å². The van der Waals surface area contributed by atoms with E-state index in [9.17, 15) is 4.79 Å². The highest BCUT2D eigenvalue weighted by atomic mass is 16.5. The van der Waals surface area contributed by atoms with Gasteiger partial charge in [-0.2, -0.15) is 0 Å². The Bertz CT molecular complexity index is 671. The van der Waals surface area contributed by atoms with Crippen molar-refractivity contribution in [3.05, 3.63) is 53.9 Å². The van der Waals surface area contributed by atoms with E-state index in [0.29, 0.717) is 17.1 Å². The molecule has 3 rings (SSSR count). The third kappa shape index (κ3) is 1.56. The number of hydrogen-bond acceptors (Lipinski definition) is 3. The zero-order valence-corrected chi connectivity index (χ0v) is 10.3. The Morgan fingerprint density at radius 1 is 1.11 bits per heavy atom. The predicted molar refractivity (Wildman–Crippen MR) is 70.7 cm³/mol. The molecule has 0 fully saturated rings. The predicted octanol–water partition coefficient (Wildman–Crippen LogP) is 2.82. The van der Waals surface area contributed by atoms with Gasteiger partial charge in [-0.25, -0.2) is 0 Å². The van der Waals surface area contributed by atoms with Crippen LogP contribution in [0.1, 0.15) is 10.4 Å². The molecular weight excluding hydrogens is 226 g/mol. The number of Topliss-reactive ketones (excluding diaryl/α,β-unsaturated/α-hetero) is 1. The fourth-order valence-corrected chi connectivity index (χ4v) is 2.18. The average Bonchev–Trinajstić information content (AvgIpc) is 2.66. The molecule has 0 amide bonds. The van der Waals surface area contributed by atoms with Crippen LogP contribution in [-0.2, 0) is 0 Å². The van der Waals surface area contributed by atoms with Gasteiger partial charge in [0.15, 0.2) is 5.76 Å². The molecule has 1 heterocycles. The van der Waals surface area contributed by atoms with Crippen molar-refractivity contribution >= 4 is 16.6 Å². The van der Waals surface area contributed by atoms with Gasteiger partial charge in [0.1, 0.15) is 5.75 Å². The molecule has 1 aliphatic rings. The molecule has 2 aromatic carbocycles. The molecule has 0 saturated heterocycles. The number of ether oxygens (including phenoxy) is 1. The number of allylic oxidation sites excluding steroid dienone is 1. The summed E-state index contributed by atoms with van der Waals surface area (Å²) in [6.07, 6.45) is 1.71. The first-order valence-corrected chi connectivity index (χ1v) is 5.79.